The zero-order chi connectivity index (χ0) is 20.1. The molecule has 0 aliphatic carbocycles. The van der Waals surface area contributed by atoms with Gasteiger partial charge in [-0.1, -0.05) is 60.7 Å². The maximum atomic E-state index is 9.59. The van der Waals surface area contributed by atoms with Crippen LogP contribution in [0.3, 0.4) is 0 Å². The van der Waals surface area contributed by atoms with Crippen LogP contribution in [0.15, 0.2) is 66.9 Å². The van der Waals surface area contributed by atoms with Gasteiger partial charge in [0.05, 0.1) is 18.2 Å². The van der Waals surface area contributed by atoms with E-state index in [0.29, 0.717) is 25.6 Å². The van der Waals surface area contributed by atoms with Gasteiger partial charge in [0, 0.05) is 26.7 Å². The van der Waals surface area contributed by atoms with Crippen LogP contribution in [0.1, 0.15) is 11.1 Å². The smallest absolute Gasteiger partial charge is 0.229 e. The number of benzene rings is 2. The Labute approximate surface area is 169 Å². The van der Waals surface area contributed by atoms with E-state index in [1.54, 1.807) is 10.9 Å². The third kappa shape index (κ3) is 4.35. The molecule has 2 aromatic carbocycles. The minimum atomic E-state index is 0.0202. The number of fused-ring (bicyclic) bond motifs is 1. The average Bonchev–Trinajstić information content (AvgIpc) is 3.14. The average molecular weight is 388 g/mol. The molecule has 0 unspecified atom stereocenters. The van der Waals surface area contributed by atoms with E-state index in [1.165, 1.54) is 5.56 Å². The van der Waals surface area contributed by atoms with E-state index in [9.17, 15) is 5.11 Å². The van der Waals surface area contributed by atoms with E-state index in [1.807, 2.05) is 48.3 Å². The normalized spacial score (nSPS) is 11.0. The Balaban J connectivity index is 1.68. The number of rotatable bonds is 8. The van der Waals surface area contributed by atoms with E-state index < -0.39 is 0 Å². The first-order valence-electron chi connectivity index (χ1n) is 9.62. The van der Waals surface area contributed by atoms with Crippen molar-refractivity contribution in [2.24, 2.45) is 7.05 Å². The van der Waals surface area contributed by atoms with Crippen LogP contribution in [0.4, 0.5) is 11.8 Å². The minimum absolute atomic E-state index is 0.0202. The molecule has 29 heavy (non-hydrogen) atoms. The van der Waals surface area contributed by atoms with Crippen molar-refractivity contribution >= 4 is 22.8 Å². The van der Waals surface area contributed by atoms with Crippen LogP contribution in [-0.4, -0.2) is 38.0 Å². The molecule has 0 aliphatic heterocycles. The maximum absolute atomic E-state index is 9.59. The van der Waals surface area contributed by atoms with E-state index in [2.05, 4.69) is 34.7 Å². The van der Waals surface area contributed by atoms with Gasteiger partial charge in [-0.15, -0.1) is 0 Å². The van der Waals surface area contributed by atoms with Gasteiger partial charge in [-0.3, -0.25) is 4.68 Å². The van der Waals surface area contributed by atoms with Gasteiger partial charge >= 0.3 is 0 Å². The highest BCUT2D eigenvalue weighted by Crippen LogP contribution is 2.24. The first-order valence-corrected chi connectivity index (χ1v) is 9.62. The zero-order valence-electron chi connectivity index (χ0n) is 16.4. The molecule has 0 saturated carbocycles. The Morgan fingerprint density at radius 1 is 0.966 bits per heavy atom. The number of nitrogens with one attached hydrogen (secondary N) is 1. The van der Waals surface area contributed by atoms with Gasteiger partial charge < -0.3 is 15.3 Å². The molecule has 2 N–H and O–H groups in total. The third-order valence-corrected chi connectivity index (χ3v) is 4.75. The summed E-state index contributed by atoms with van der Waals surface area (Å²) in [5.74, 6) is 1.30. The fourth-order valence-corrected chi connectivity index (χ4v) is 3.24. The number of aliphatic hydroxyl groups is 1. The summed E-state index contributed by atoms with van der Waals surface area (Å²) in [4.78, 5) is 11.5. The fourth-order valence-electron chi connectivity index (χ4n) is 3.24. The fraction of sp³-hybridized carbons (Fsp3) is 0.227. The Morgan fingerprint density at radius 2 is 1.66 bits per heavy atom. The van der Waals surface area contributed by atoms with E-state index in [4.69, 9.17) is 9.97 Å². The van der Waals surface area contributed by atoms with Crippen molar-refractivity contribution in [3.05, 3.63) is 78.0 Å². The van der Waals surface area contributed by atoms with Gasteiger partial charge in [0.15, 0.2) is 5.65 Å². The highest BCUT2D eigenvalue weighted by atomic mass is 16.3. The molecule has 148 valence electrons. The van der Waals surface area contributed by atoms with Gasteiger partial charge in [0.2, 0.25) is 5.95 Å². The van der Waals surface area contributed by atoms with Crippen LogP contribution in [0.5, 0.6) is 0 Å². The summed E-state index contributed by atoms with van der Waals surface area (Å²) in [5.41, 5.74) is 3.05. The standard InChI is InChI=1S/C22H24N6O/c1-27-21-19(15-24-27)20(23-14-17-8-4-2-5-9-17)25-22(26-21)28(12-13-29)16-18-10-6-3-7-11-18/h2-11,15,29H,12-14,16H2,1H3,(H,23,25,26). The summed E-state index contributed by atoms with van der Waals surface area (Å²) in [6.07, 6.45) is 1.78. The van der Waals surface area contributed by atoms with E-state index >= 15 is 0 Å². The number of anilines is 2. The third-order valence-electron chi connectivity index (χ3n) is 4.75. The lowest BCUT2D eigenvalue weighted by Crippen LogP contribution is -2.28. The summed E-state index contributed by atoms with van der Waals surface area (Å²) < 4.78 is 1.74. The van der Waals surface area contributed by atoms with E-state index in [-0.39, 0.29) is 6.61 Å². The van der Waals surface area contributed by atoms with Crippen LogP contribution in [0, 0.1) is 0 Å². The van der Waals surface area contributed by atoms with E-state index in [0.717, 1.165) is 22.4 Å². The van der Waals surface area contributed by atoms with Crippen molar-refractivity contribution in [3.8, 4) is 0 Å². The Kier molecular flexibility index (Phi) is 5.67. The van der Waals surface area contributed by atoms with Crippen molar-refractivity contribution in [3.63, 3.8) is 0 Å². The molecule has 4 aromatic rings. The van der Waals surface area contributed by atoms with Gasteiger partial charge in [0.25, 0.3) is 0 Å². The maximum Gasteiger partial charge on any atom is 0.229 e. The van der Waals surface area contributed by atoms with Crippen LogP contribution in [0.25, 0.3) is 11.0 Å². The summed E-state index contributed by atoms with van der Waals surface area (Å²) in [7, 11) is 1.87. The van der Waals surface area contributed by atoms with Gasteiger partial charge in [-0.2, -0.15) is 15.1 Å². The summed E-state index contributed by atoms with van der Waals surface area (Å²) in [6, 6.07) is 20.3. The zero-order valence-corrected chi connectivity index (χ0v) is 16.4. The largest absolute Gasteiger partial charge is 0.395 e. The van der Waals surface area contributed by atoms with Crippen LogP contribution in [-0.2, 0) is 20.1 Å². The predicted octanol–water partition coefficient (Wildman–Crippen LogP) is 2.97. The molecule has 0 amide bonds. The lowest BCUT2D eigenvalue weighted by Gasteiger charge is -2.22. The molecule has 0 aliphatic rings. The SMILES string of the molecule is Cn1ncc2c(NCc3ccccc3)nc(N(CCO)Cc3ccccc3)nc21. The minimum Gasteiger partial charge on any atom is -0.395 e. The molecule has 0 saturated heterocycles. The van der Waals surface area contributed by atoms with Gasteiger partial charge in [-0.25, -0.2) is 0 Å². The monoisotopic (exact) mass is 388 g/mol. The lowest BCUT2D eigenvalue weighted by molar-refractivity contribution is 0.301. The topological polar surface area (TPSA) is 79.1 Å². The molecular weight excluding hydrogens is 364 g/mol. The highest BCUT2D eigenvalue weighted by molar-refractivity contribution is 5.87. The molecule has 4 rings (SSSR count). The molecule has 2 heterocycles. The molecule has 0 radical (unpaired) electrons. The van der Waals surface area contributed by atoms with Crippen molar-refractivity contribution in [2.75, 3.05) is 23.4 Å². The second-order valence-corrected chi connectivity index (χ2v) is 6.85. The van der Waals surface area contributed by atoms with Crippen molar-refractivity contribution in [2.45, 2.75) is 13.1 Å². The number of hydrogen-bond donors (Lipinski definition) is 2. The van der Waals surface area contributed by atoms with Crippen molar-refractivity contribution in [1.82, 2.24) is 19.7 Å². The van der Waals surface area contributed by atoms with Crippen LogP contribution < -0.4 is 10.2 Å². The quantitative estimate of drug-likeness (QED) is 0.483. The van der Waals surface area contributed by atoms with Crippen LogP contribution >= 0.6 is 0 Å². The Morgan fingerprint density at radius 3 is 2.34 bits per heavy atom. The molecule has 0 bridgehead atoms. The van der Waals surface area contributed by atoms with Crippen molar-refractivity contribution < 1.29 is 5.11 Å². The van der Waals surface area contributed by atoms with Gasteiger partial charge in [0.1, 0.15) is 5.82 Å². The second-order valence-electron chi connectivity index (χ2n) is 6.85. The first-order chi connectivity index (χ1) is 14.2. The number of nitrogens with zero attached hydrogens (tertiary/aromatic N) is 5. The van der Waals surface area contributed by atoms with Gasteiger partial charge in [-0.05, 0) is 11.1 Å². The molecule has 2 aromatic heterocycles. The second kappa shape index (κ2) is 8.70. The number of aryl methyl sites for hydroxylation is 1. The Bertz CT molecular complexity index is 1060. The molecule has 0 spiro atoms. The summed E-state index contributed by atoms with van der Waals surface area (Å²) in [5, 5.41) is 18.2. The first kappa shape index (κ1) is 18.9. The lowest BCUT2D eigenvalue weighted by atomic mass is 10.2. The Hall–Kier alpha value is -3.45. The molecule has 0 atom stereocenters. The summed E-state index contributed by atoms with van der Waals surface area (Å²) in [6.45, 7) is 1.73. The number of aliphatic hydroxyl groups excluding tert-OH is 1. The highest BCUT2D eigenvalue weighted by Gasteiger charge is 2.16. The summed E-state index contributed by atoms with van der Waals surface area (Å²) >= 11 is 0. The molecule has 7 heteroatoms. The predicted molar refractivity (Wildman–Crippen MR) is 115 cm³/mol. The number of aromatic nitrogens is 4. The van der Waals surface area contributed by atoms with Crippen LogP contribution in [0.2, 0.25) is 0 Å². The molecule has 0 fully saturated rings. The number of hydrogen-bond acceptors (Lipinski definition) is 6. The molecular formula is C22H24N6O. The van der Waals surface area contributed by atoms with Crippen molar-refractivity contribution in [1.29, 1.82) is 0 Å². The molecule has 7 nitrogen and oxygen atoms in total.